The van der Waals surface area contributed by atoms with E-state index >= 15 is 0 Å². The smallest absolute Gasteiger partial charge is 0.268 e. The third-order valence-corrected chi connectivity index (χ3v) is 15.3. The minimum Gasteiger partial charge on any atom is -0.476 e. The number of hydrogen-bond donors (Lipinski definition) is 3. The molecular formula is C47H52Cl2N6O6S. The summed E-state index contributed by atoms with van der Waals surface area (Å²) in [6, 6.07) is 18.3. The summed E-state index contributed by atoms with van der Waals surface area (Å²) in [5.74, 6) is 0.679. The summed E-state index contributed by atoms with van der Waals surface area (Å²) in [4.78, 5) is 30.1. The molecule has 2 aromatic carbocycles. The maximum Gasteiger partial charge on any atom is 0.268 e. The molecular weight excluding hydrogens is 848 g/mol. The van der Waals surface area contributed by atoms with Gasteiger partial charge in [-0.05, 0) is 122 Å². The van der Waals surface area contributed by atoms with Gasteiger partial charge in [-0.25, -0.2) is 23.1 Å². The molecule has 1 unspecified atom stereocenters. The number of aliphatic hydroxyl groups is 1. The summed E-state index contributed by atoms with van der Waals surface area (Å²) in [6.45, 7) is 11.1. The monoisotopic (exact) mass is 898 g/mol. The number of benzene rings is 2. The number of hydrogen-bond acceptors (Lipinski definition) is 10. The van der Waals surface area contributed by atoms with Crippen LogP contribution in [0.5, 0.6) is 17.4 Å². The van der Waals surface area contributed by atoms with Crippen molar-refractivity contribution in [2.24, 2.45) is 23.2 Å². The predicted octanol–water partition coefficient (Wildman–Crippen LogP) is 9.14. The summed E-state index contributed by atoms with van der Waals surface area (Å²) in [5.41, 5.74) is 5.31. The van der Waals surface area contributed by atoms with Crippen molar-refractivity contribution < 1.29 is 27.8 Å². The van der Waals surface area contributed by atoms with Gasteiger partial charge in [0.25, 0.3) is 15.9 Å². The average molecular weight is 900 g/mol. The van der Waals surface area contributed by atoms with Gasteiger partial charge < -0.3 is 24.5 Å². The van der Waals surface area contributed by atoms with Crippen LogP contribution in [0.3, 0.4) is 0 Å². The van der Waals surface area contributed by atoms with Crippen molar-refractivity contribution in [1.29, 1.82) is 0 Å². The molecule has 326 valence electrons. The first kappa shape index (κ1) is 42.6. The van der Waals surface area contributed by atoms with Crippen molar-refractivity contribution in [3.05, 3.63) is 106 Å². The molecule has 3 aromatic heterocycles. The zero-order valence-electron chi connectivity index (χ0n) is 35.2. The van der Waals surface area contributed by atoms with Crippen molar-refractivity contribution in [1.82, 2.24) is 24.6 Å². The minimum atomic E-state index is -4.42. The fourth-order valence-electron chi connectivity index (χ4n) is 9.93. The molecule has 2 bridgehead atoms. The minimum absolute atomic E-state index is 0.0120. The van der Waals surface area contributed by atoms with Gasteiger partial charge in [-0.1, -0.05) is 54.8 Å². The Bertz CT molecular complexity index is 2640. The van der Waals surface area contributed by atoms with Gasteiger partial charge in [-0.2, -0.15) is 0 Å². The number of fused-ring (bicyclic) bond motifs is 3. The first-order valence-corrected chi connectivity index (χ1v) is 23.6. The molecule has 12 nitrogen and oxygen atoms in total. The first-order chi connectivity index (χ1) is 29.6. The van der Waals surface area contributed by atoms with Gasteiger partial charge in [0.05, 0.1) is 30.2 Å². The number of pyridine rings is 2. The summed E-state index contributed by atoms with van der Waals surface area (Å²) >= 11 is 12.7. The molecule has 3 fully saturated rings. The Kier molecular flexibility index (Phi) is 11.6. The number of ether oxygens (including phenoxy) is 2. The van der Waals surface area contributed by atoms with Crippen LogP contribution in [0.25, 0.3) is 16.6 Å². The number of anilines is 1. The van der Waals surface area contributed by atoms with E-state index in [9.17, 15) is 18.3 Å². The van der Waals surface area contributed by atoms with Gasteiger partial charge in [0.15, 0.2) is 0 Å². The number of nitrogens with one attached hydrogen (secondary N) is 2. The number of carbonyl (C=O) groups excluding carboxylic acids is 1. The van der Waals surface area contributed by atoms with Crippen LogP contribution < -0.4 is 19.1 Å². The van der Waals surface area contributed by atoms with Crippen LogP contribution in [0.2, 0.25) is 10.0 Å². The van der Waals surface area contributed by atoms with Crippen molar-refractivity contribution in [3.8, 4) is 17.4 Å². The number of H-pyrrole nitrogens is 1. The molecule has 1 amide bonds. The van der Waals surface area contributed by atoms with Gasteiger partial charge in [-0.15, -0.1) is 0 Å². The summed E-state index contributed by atoms with van der Waals surface area (Å²) < 4.78 is 41.8. The number of aromatic amines is 1. The third-order valence-electron chi connectivity index (χ3n) is 13.5. The molecule has 62 heavy (non-hydrogen) atoms. The van der Waals surface area contributed by atoms with Gasteiger partial charge >= 0.3 is 0 Å². The summed E-state index contributed by atoms with van der Waals surface area (Å²) in [7, 11) is -4.42. The second-order valence-electron chi connectivity index (χ2n) is 18.5. The highest BCUT2D eigenvalue weighted by Gasteiger charge is 2.51. The van der Waals surface area contributed by atoms with Crippen LogP contribution in [0.4, 0.5) is 5.69 Å². The van der Waals surface area contributed by atoms with E-state index in [4.69, 9.17) is 32.7 Å². The number of halogens is 2. The number of nitrogens with zero attached hydrogens (tertiary/aromatic N) is 4. The molecule has 15 heteroatoms. The maximum absolute atomic E-state index is 13.9. The predicted molar refractivity (Wildman–Crippen MR) is 242 cm³/mol. The second-order valence-corrected chi connectivity index (χ2v) is 21.0. The van der Waals surface area contributed by atoms with Gasteiger partial charge in [0.1, 0.15) is 27.1 Å². The van der Waals surface area contributed by atoms with Crippen molar-refractivity contribution in [2.75, 3.05) is 44.2 Å². The number of piperazine rings is 1. The van der Waals surface area contributed by atoms with Gasteiger partial charge in [0.2, 0.25) is 5.88 Å². The van der Waals surface area contributed by atoms with Crippen LogP contribution in [-0.4, -0.2) is 84.2 Å². The lowest BCUT2D eigenvalue weighted by Gasteiger charge is -2.39. The Morgan fingerprint density at radius 1 is 0.984 bits per heavy atom. The maximum atomic E-state index is 13.9. The Balaban J connectivity index is 0.899. The van der Waals surface area contributed by atoms with E-state index in [0.29, 0.717) is 23.9 Å². The third kappa shape index (κ3) is 9.05. The molecule has 1 aliphatic heterocycles. The van der Waals surface area contributed by atoms with Crippen LogP contribution in [0.1, 0.15) is 75.2 Å². The highest BCUT2D eigenvalue weighted by Crippen LogP contribution is 2.53. The van der Waals surface area contributed by atoms with Crippen molar-refractivity contribution >= 4 is 61.4 Å². The molecule has 4 heterocycles. The van der Waals surface area contributed by atoms with Crippen molar-refractivity contribution in [3.63, 3.8) is 0 Å². The Morgan fingerprint density at radius 3 is 2.50 bits per heavy atom. The zero-order chi connectivity index (χ0) is 43.4. The molecule has 4 aliphatic rings. The van der Waals surface area contributed by atoms with E-state index in [1.54, 1.807) is 30.6 Å². The lowest BCUT2D eigenvalue weighted by atomic mass is 9.72. The van der Waals surface area contributed by atoms with E-state index in [1.807, 2.05) is 31.2 Å². The highest BCUT2D eigenvalue weighted by atomic mass is 35.5. The van der Waals surface area contributed by atoms with Gasteiger partial charge in [-0.3, -0.25) is 9.69 Å². The summed E-state index contributed by atoms with van der Waals surface area (Å²) in [6.07, 6.45) is 10.3. The molecule has 3 N–H and O–H groups in total. The lowest BCUT2D eigenvalue weighted by molar-refractivity contribution is -0.0121. The fraction of sp³-hybridized carbons (Fsp3) is 0.426. The number of aromatic nitrogens is 3. The number of rotatable bonds is 12. The first-order valence-electron chi connectivity index (χ1n) is 21.4. The zero-order valence-corrected chi connectivity index (χ0v) is 37.5. The van der Waals surface area contributed by atoms with Crippen LogP contribution in [-0.2, 0) is 10.0 Å². The molecule has 9 rings (SSSR count). The number of sulfonamides is 1. The molecule has 0 spiro atoms. The lowest BCUT2D eigenvalue weighted by Crippen LogP contribution is -2.47. The molecule has 5 aromatic rings. The molecule has 3 aliphatic carbocycles. The Morgan fingerprint density at radius 2 is 1.77 bits per heavy atom. The fourth-order valence-corrected chi connectivity index (χ4v) is 11.3. The largest absolute Gasteiger partial charge is 0.476 e. The molecule has 2 saturated carbocycles. The molecule has 0 radical (unpaired) electrons. The number of allylic oxidation sites excluding steroid dienone is 1. The molecule has 1 saturated heterocycles. The Labute approximate surface area is 372 Å². The van der Waals surface area contributed by atoms with E-state index < -0.39 is 21.5 Å². The van der Waals surface area contributed by atoms with Gasteiger partial charge in [0, 0.05) is 61.1 Å². The summed E-state index contributed by atoms with van der Waals surface area (Å²) in [5, 5.41) is 12.1. The van der Waals surface area contributed by atoms with Crippen LogP contribution >= 0.6 is 23.2 Å². The van der Waals surface area contributed by atoms with Crippen LogP contribution in [0, 0.1) is 23.2 Å². The normalized spacial score (nSPS) is 23.8. The van der Waals surface area contributed by atoms with Crippen molar-refractivity contribution in [2.45, 2.75) is 69.8 Å². The molecule has 4 atom stereocenters. The number of carbonyl (C=O) groups is 1. The number of amides is 1. The highest BCUT2D eigenvalue weighted by molar-refractivity contribution is 7.90. The quantitative estimate of drug-likeness (QED) is 0.111. The van der Waals surface area contributed by atoms with E-state index in [2.05, 4.69) is 55.5 Å². The standard InChI is InChI=1S/C47H52Cl2N6O6S/c1-46(2)12-10-31(40(24-46)29-4-6-35(48)7-5-29)27-54-14-16-55(17-15-54)36-8-9-39(42(21-36)61-37-20-30-11-13-50-43(30)51-25-37)44(56)53-62(58,59)38-22-41(49)45(52-26-38)60-28-33-19-34-18-32(33)23-47(34,3)57/h4-9,11,13,20-22,25-26,32-34,57H,10,12,14-19,23-24,27-28H2,1-3H3,(H,50,51)(H,53,56)/t32-,33-,34-,47?/m1/s1. The topological polar surface area (TPSA) is 150 Å². The second kappa shape index (κ2) is 16.8. The SMILES string of the molecule is CC1(C)CCC(CN2CCN(c3ccc(C(=O)NS(=O)(=O)c4cnc(OC[C@H]5C[C@H]6C[C@@H]5CC6(C)O)c(Cl)c4)c(Oc4cnc5[nH]ccc5c4)c3)CC2)=C(c2ccc(Cl)cc2)C1. The van der Waals surface area contributed by atoms with E-state index in [-0.39, 0.29) is 44.4 Å². The Hall–Kier alpha value is -4.66. The average Bonchev–Trinajstić information content (AvgIpc) is 3.95. The van der Waals surface area contributed by atoms with E-state index in [1.165, 1.54) is 22.8 Å². The van der Waals surface area contributed by atoms with Crippen LogP contribution in [0.15, 0.2) is 89.7 Å². The van der Waals surface area contributed by atoms with E-state index in [0.717, 1.165) is 93.5 Å².